The van der Waals surface area contributed by atoms with E-state index in [1.807, 2.05) is 6.20 Å². The number of nitrogens with zero attached hydrogens (tertiary/aromatic N) is 1. The summed E-state index contributed by atoms with van der Waals surface area (Å²) in [6.07, 6.45) is 8.03. The van der Waals surface area contributed by atoms with Crippen LogP contribution in [0.25, 0.3) is 0 Å². The lowest BCUT2D eigenvalue weighted by Gasteiger charge is -2.47. The Balaban J connectivity index is 3.09. The Morgan fingerprint density at radius 1 is 1.21 bits per heavy atom. The van der Waals surface area contributed by atoms with Gasteiger partial charge in [-0.15, -0.1) is 0 Å². The highest BCUT2D eigenvalue weighted by molar-refractivity contribution is 5.15. The number of aromatic nitrogens is 2. The van der Waals surface area contributed by atoms with E-state index < -0.39 is 0 Å². The standard InChI is InChI=1S/C25H45N3/c1-11-13-22(25(9,10)24(18(5)6)19(7)12-2)20(8)28-23(17(3)4)14-21-15-26-16-27-21/h15-16,18-19,22-24,28H,3,8,11-14H2,1-2,4-7,9-10H3,(H,26,27). The van der Waals surface area contributed by atoms with E-state index in [-0.39, 0.29) is 11.5 Å². The molecule has 0 aliphatic carbocycles. The fourth-order valence-electron chi connectivity index (χ4n) is 5.31. The van der Waals surface area contributed by atoms with Crippen molar-refractivity contribution in [2.75, 3.05) is 0 Å². The van der Waals surface area contributed by atoms with Crippen molar-refractivity contribution >= 4 is 0 Å². The summed E-state index contributed by atoms with van der Waals surface area (Å²) in [7, 11) is 0. The molecule has 160 valence electrons. The third-order valence-corrected chi connectivity index (χ3v) is 6.66. The predicted octanol–water partition coefficient (Wildman–Crippen LogP) is 6.76. The quantitative estimate of drug-likeness (QED) is 0.367. The minimum atomic E-state index is 0.171. The summed E-state index contributed by atoms with van der Waals surface area (Å²) in [5.41, 5.74) is 3.59. The maximum Gasteiger partial charge on any atom is 0.0921 e. The largest absolute Gasteiger partial charge is 0.382 e. The topological polar surface area (TPSA) is 40.7 Å². The summed E-state index contributed by atoms with van der Waals surface area (Å²) in [4.78, 5) is 7.37. The average molecular weight is 388 g/mol. The van der Waals surface area contributed by atoms with Crippen LogP contribution in [0.15, 0.2) is 37.0 Å². The molecule has 1 aromatic rings. The van der Waals surface area contributed by atoms with E-state index >= 15 is 0 Å². The SMILES string of the molecule is C=C(C)C(Cc1cnc[nH]1)NC(=C)C(CCC)C(C)(C)C(C(C)C)C(C)CC. The highest BCUT2D eigenvalue weighted by atomic mass is 14.9. The van der Waals surface area contributed by atoms with Crippen LogP contribution in [0.4, 0.5) is 0 Å². The first-order valence-electron chi connectivity index (χ1n) is 11.1. The van der Waals surface area contributed by atoms with Gasteiger partial charge in [-0.1, -0.05) is 80.0 Å². The Labute approximate surface area is 174 Å². The lowest BCUT2D eigenvalue weighted by Crippen LogP contribution is -2.44. The number of rotatable bonds is 13. The summed E-state index contributed by atoms with van der Waals surface area (Å²) in [5, 5.41) is 3.75. The number of imidazole rings is 1. The zero-order chi connectivity index (χ0) is 21.5. The summed E-state index contributed by atoms with van der Waals surface area (Å²) >= 11 is 0. The van der Waals surface area contributed by atoms with Crippen molar-refractivity contribution in [3.63, 3.8) is 0 Å². The van der Waals surface area contributed by atoms with Crippen molar-refractivity contribution in [2.24, 2.45) is 29.1 Å². The monoisotopic (exact) mass is 387 g/mol. The normalized spacial score (nSPS) is 16.5. The van der Waals surface area contributed by atoms with Crippen LogP contribution >= 0.6 is 0 Å². The summed E-state index contributed by atoms with van der Waals surface area (Å²) < 4.78 is 0. The van der Waals surface area contributed by atoms with Gasteiger partial charge in [-0.25, -0.2) is 4.98 Å². The van der Waals surface area contributed by atoms with Crippen LogP contribution in [-0.2, 0) is 6.42 Å². The molecule has 0 amide bonds. The fourth-order valence-corrected chi connectivity index (χ4v) is 5.31. The molecule has 0 aromatic carbocycles. The summed E-state index contributed by atoms with van der Waals surface area (Å²) in [6.45, 7) is 27.6. The number of hydrogen-bond acceptors (Lipinski definition) is 2. The zero-order valence-corrected chi connectivity index (χ0v) is 19.7. The van der Waals surface area contributed by atoms with E-state index in [9.17, 15) is 0 Å². The van der Waals surface area contributed by atoms with Crippen LogP contribution in [-0.4, -0.2) is 16.0 Å². The van der Waals surface area contributed by atoms with E-state index in [0.29, 0.717) is 23.7 Å². The van der Waals surface area contributed by atoms with Crippen LogP contribution in [0.3, 0.4) is 0 Å². The minimum Gasteiger partial charge on any atom is -0.382 e. The van der Waals surface area contributed by atoms with Crippen LogP contribution in [0, 0.1) is 29.1 Å². The van der Waals surface area contributed by atoms with Gasteiger partial charge in [0.2, 0.25) is 0 Å². The first-order chi connectivity index (χ1) is 13.1. The van der Waals surface area contributed by atoms with Crippen molar-refractivity contribution in [1.29, 1.82) is 0 Å². The molecule has 28 heavy (non-hydrogen) atoms. The summed E-state index contributed by atoms with van der Waals surface area (Å²) in [5.74, 6) is 2.44. The van der Waals surface area contributed by atoms with Crippen molar-refractivity contribution in [2.45, 2.75) is 87.1 Å². The molecule has 3 nitrogen and oxygen atoms in total. The maximum absolute atomic E-state index is 4.54. The summed E-state index contributed by atoms with van der Waals surface area (Å²) in [6, 6.07) is 0.171. The number of H-pyrrole nitrogens is 1. The lowest BCUT2D eigenvalue weighted by atomic mass is 9.59. The van der Waals surface area contributed by atoms with Gasteiger partial charge in [-0.3, -0.25) is 0 Å². The highest BCUT2D eigenvalue weighted by Crippen LogP contribution is 2.48. The van der Waals surface area contributed by atoms with Crippen molar-refractivity contribution in [3.8, 4) is 0 Å². The van der Waals surface area contributed by atoms with Gasteiger partial charge in [0.15, 0.2) is 0 Å². The molecule has 4 atom stereocenters. The molecule has 1 heterocycles. The van der Waals surface area contributed by atoms with E-state index in [1.165, 1.54) is 12.8 Å². The molecule has 0 bridgehead atoms. The van der Waals surface area contributed by atoms with E-state index in [0.717, 1.165) is 29.8 Å². The average Bonchev–Trinajstić information content (AvgIpc) is 3.10. The Bertz CT molecular complexity index is 597. The zero-order valence-electron chi connectivity index (χ0n) is 19.7. The van der Waals surface area contributed by atoms with Crippen molar-refractivity contribution in [3.05, 3.63) is 42.6 Å². The van der Waals surface area contributed by atoms with E-state index in [1.54, 1.807) is 6.33 Å². The third-order valence-electron chi connectivity index (χ3n) is 6.66. The molecule has 0 saturated heterocycles. The van der Waals surface area contributed by atoms with Gasteiger partial charge >= 0.3 is 0 Å². The van der Waals surface area contributed by atoms with Crippen LogP contribution in [0.2, 0.25) is 0 Å². The number of hydrogen-bond donors (Lipinski definition) is 2. The van der Waals surface area contributed by atoms with Crippen molar-refractivity contribution in [1.82, 2.24) is 15.3 Å². The van der Waals surface area contributed by atoms with Crippen LogP contribution in [0.1, 0.15) is 80.3 Å². The molecule has 1 aromatic heterocycles. The number of allylic oxidation sites excluding steroid dienone is 1. The van der Waals surface area contributed by atoms with Gasteiger partial charge in [-0.2, -0.15) is 0 Å². The molecule has 1 rings (SSSR count). The van der Waals surface area contributed by atoms with Gasteiger partial charge in [-0.05, 0) is 36.5 Å². The third kappa shape index (κ3) is 6.25. The van der Waals surface area contributed by atoms with E-state index in [2.05, 4.69) is 83.8 Å². The van der Waals surface area contributed by atoms with Crippen LogP contribution < -0.4 is 5.32 Å². The lowest BCUT2D eigenvalue weighted by molar-refractivity contribution is 0.0437. The maximum atomic E-state index is 4.54. The second-order valence-corrected chi connectivity index (χ2v) is 9.67. The van der Waals surface area contributed by atoms with Gasteiger partial charge in [0.05, 0.1) is 12.4 Å². The molecular formula is C25H45N3. The van der Waals surface area contributed by atoms with Gasteiger partial charge in [0.25, 0.3) is 0 Å². The molecule has 0 saturated carbocycles. The Morgan fingerprint density at radius 3 is 2.29 bits per heavy atom. The first kappa shape index (κ1) is 24.5. The minimum absolute atomic E-state index is 0.171. The van der Waals surface area contributed by atoms with E-state index in [4.69, 9.17) is 0 Å². The molecule has 0 spiro atoms. The molecular weight excluding hydrogens is 342 g/mol. The number of aromatic amines is 1. The van der Waals surface area contributed by atoms with Crippen molar-refractivity contribution < 1.29 is 0 Å². The Kier molecular flexibility index (Phi) is 9.53. The smallest absolute Gasteiger partial charge is 0.0921 e. The molecule has 3 heteroatoms. The second kappa shape index (κ2) is 10.9. The molecule has 0 fully saturated rings. The Morgan fingerprint density at radius 2 is 1.86 bits per heavy atom. The number of nitrogens with one attached hydrogen (secondary N) is 2. The molecule has 4 unspecified atom stereocenters. The second-order valence-electron chi connectivity index (χ2n) is 9.67. The highest BCUT2D eigenvalue weighted by Gasteiger charge is 2.42. The fraction of sp³-hybridized carbons (Fsp3) is 0.720. The Hall–Kier alpha value is -1.51. The van der Waals surface area contributed by atoms with Gasteiger partial charge in [0.1, 0.15) is 0 Å². The molecule has 2 N–H and O–H groups in total. The van der Waals surface area contributed by atoms with Crippen LogP contribution in [0.5, 0.6) is 0 Å². The first-order valence-corrected chi connectivity index (χ1v) is 11.1. The van der Waals surface area contributed by atoms with Gasteiger partial charge < -0.3 is 10.3 Å². The molecule has 0 radical (unpaired) electrons. The predicted molar refractivity (Wildman–Crippen MR) is 123 cm³/mol. The molecule has 0 aliphatic heterocycles. The molecule has 0 aliphatic rings. The van der Waals surface area contributed by atoms with Gasteiger partial charge in [0, 0.05) is 29.9 Å².